The van der Waals surface area contributed by atoms with E-state index in [1.54, 1.807) is 26.8 Å². The average Bonchev–Trinajstić information content (AvgIpc) is 2.67. The van der Waals surface area contributed by atoms with Gasteiger partial charge in [0.1, 0.15) is 6.07 Å². The lowest BCUT2D eigenvalue weighted by Gasteiger charge is -2.15. The Morgan fingerprint density at radius 3 is 2.72 bits per heavy atom. The second-order valence-electron chi connectivity index (χ2n) is 4.57. The molecule has 1 rings (SSSR count). The van der Waals surface area contributed by atoms with Crippen LogP contribution in [0.5, 0.6) is 0 Å². The van der Waals surface area contributed by atoms with Crippen LogP contribution in [0.15, 0.2) is 6.33 Å². The molecule has 0 spiro atoms. The van der Waals surface area contributed by atoms with Crippen molar-refractivity contribution in [1.29, 1.82) is 5.26 Å². The maximum absolute atomic E-state index is 11.5. The van der Waals surface area contributed by atoms with Gasteiger partial charge in [0.05, 0.1) is 5.41 Å². The number of aromatic nitrogens is 2. The summed E-state index contributed by atoms with van der Waals surface area (Å²) in [7, 11) is 0. The first-order valence-electron chi connectivity index (χ1n) is 5.04. The molecule has 96 valence electrons. The van der Waals surface area contributed by atoms with E-state index >= 15 is 0 Å². The first kappa shape index (κ1) is 13.6. The zero-order valence-electron chi connectivity index (χ0n) is 10.2. The number of carbonyl (C=O) groups is 1. The van der Waals surface area contributed by atoms with Gasteiger partial charge in [-0.15, -0.1) is 0 Å². The smallest absolute Gasteiger partial charge is 0.363 e. The number of hydrogen-bond acceptors (Lipinski definition) is 6. The van der Waals surface area contributed by atoms with E-state index in [1.165, 1.54) is 0 Å². The van der Waals surface area contributed by atoms with Gasteiger partial charge in [0.2, 0.25) is 12.4 Å². The fourth-order valence-corrected chi connectivity index (χ4v) is 1.09. The summed E-state index contributed by atoms with van der Waals surface area (Å²) in [5, 5.41) is 19.4. The molecule has 0 aromatic carbocycles. The van der Waals surface area contributed by atoms with Crippen LogP contribution in [-0.2, 0) is 16.3 Å². The molecule has 0 saturated carbocycles. The van der Waals surface area contributed by atoms with Crippen LogP contribution in [0.2, 0.25) is 0 Å². The number of nitro groups is 1. The van der Waals surface area contributed by atoms with Crippen molar-refractivity contribution in [2.75, 3.05) is 0 Å². The van der Waals surface area contributed by atoms with Crippen molar-refractivity contribution in [3.8, 4) is 6.07 Å². The number of imidazole rings is 1. The normalized spacial score (nSPS) is 10.8. The molecule has 8 heteroatoms. The second kappa shape index (κ2) is 4.83. The minimum absolute atomic E-state index is 0.313. The highest BCUT2D eigenvalue weighted by molar-refractivity contribution is 5.75. The van der Waals surface area contributed by atoms with E-state index in [2.05, 4.69) is 4.98 Å². The SMILES string of the molecule is CC(C)(C)C(=O)OCn1cnc(C#N)c1[N+](=O)[O-]. The number of nitrogens with zero attached hydrogens (tertiary/aromatic N) is 4. The minimum Gasteiger partial charge on any atom is -0.424 e. The average molecular weight is 252 g/mol. The summed E-state index contributed by atoms with van der Waals surface area (Å²) in [6.07, 6.45) is 1.09. The molecule has 0 radical (unpaired) electrons. The molecule has 18 heavy (non-hydrogen) atoms. The van der Waals surface area contributed by atoms with Crippen LogP contribution < -0.4 is 0 Å². The lowest BCUT2D eigenvalue weighted by molar-refractivity contribution is -0.393. The van der Waals surface area contributed by atoms with E-state index in [9.17, 15) is 14.9 Å². The number of ether oxygens (including phenoxy) is 1. The molecule has 1 heterocycles. The first-order valence-corrected chi connectivity index (χ1v) is 5.04. The first-order chi connectivity index (χ1) is 8.27. The molecule has 0 N–H and O–H groups in total. The summed E-state index contributed by atoms with van der Waals surface area (Å²) < 4.78 is 5.91. The van der Waals surface area contributed by atoms with Crippen LogP contribution >= 0.6 is 0 Å². The minimum atomic E-state index is -0.740. The van der Waals surface area contributed by atoms with Gasteiger partial charge in [0, 0.05) is 0 Å². The summed E-state index contributed by atoms with van der Waals surface area (Å²) in [5.74, 6) is -0.983. The number of nitriles is 1. The van der Waals surface area contributed by atoms with Gasteiger partial charge >= 0.3 is 11.8 Å². The number of carbonyl (C=O) groups excluding carboxylic acids is 1. The van der Waals surface area contributed by atoms with Gasteiger partial charge in [-0.1, -0.05) is 0 Å². The van der Waals surface area contributed by atoms with Crippen LogP contribution in [-0.4, -0.2) is 20.4 Å². The van der Waals surface area contributed by atoms with Crippen molar-refractivity contribution >= 4 is 11.8 Å². The predicted octanol–water partition coefficient (Wildman–Crippen LogP) is 1.21. The Balaban J connectivity index is 2.88. The van der Waals surface area contributed by atoms with Gasteiger partial charge in [-0.05, 0) is 25.7 Å². The highest BCUT2D eigenvalue weighted by Gasteiger charge is 2.26. The largest absolute Gasteiger partial charge is 0.424 e. The zero-order valence-corrected chi connectivity index (χ0v) is 10.2. The van der Waals surface area contributed by atoms with Crippen molar-refractivity contribution in [3.05, 3.63) is 22.1 Å². The van der Waals surface area contributed by atoms with Crippen LogP contribution in [0.1, 0.15) is 26.5 Å². The van der Waals surface area contributed by atoms with Crippen molar-refractivity contribution in [1.82, 2.24) is 9.55 Å². The van der Waals surface area contributed by atoms with E-state index < -0.39 is 22.1 Å². The molecule has 0 fully saturated rings. The van der Waals surface area contributed by atoms with Gasteiger partial charge in [0.25, 0.3) is 0 Å². The summed E-state index contributed by atoms with van der Waals surface area (Å²) in [5.41, 5.74) is -1.01. The molecular weight excluding hydrogens is 240 g/mol. The van der Waals surface area contributed by atoms with E-state index in [1.807, 2.05) is 0 Å². The standard InChI is InChI=1S/C10H12N4O4/c1-10(2,3)9(15)18-6-13-5-12-7(4-11)8(13)14(16)17/h5H,6H2,1-3H3. The summed E-state index contributed by atoms with van der Waals surface area (Å²) in [6.45, 7) is 4.65. The van der Waals surface area contributed by atoms with Gasteiger partial charge in [-0.25, -0.2) is 0 Å². The van der Waals surface area contributed by atoms with Gasteiger partial charge < -0.3 is 14.9 Å². The zero-order chi connectivity index (χ0) is 13.9. The van der Waals surface area contributed by atoms with Crippen LogP contribution in [0.25, 0.3) is 0 Å². The molecule has 0 aliphatic heterocycles. The van der Waals surface area contributed by atoms with E-state index in [-0.39, 0.29) is 12.4 Å². The van der Waals surface area contributed by atoms with Gasteiger partial charge in [-0.2, -0.15) is 14.8 Å². The molecule has 0 bridgehead atoms. The summed E-state index contributed by atoms with van der Waals surface area (Å²) in [4.78, 5) is 25.1. The van der Waals surface area contributed by atoms with Crippen LogP contribution in [0.3, 0.4) is 0 Å². The number of esters is 1. The molecule has 0 unspecified atom stereocenters. The fraction of sp³-hybridized carbons (Fsp3) is 0.500. The molecule has 0 saturated heterocycles. The quantitative estimate of drug-likeness (QED) is 0.454. The molecule has 8 nitrogen and oxygen atoms in total. The Labute approximate surface area is 103 Å². The summed E-state index contributed by atoms with van der Waals surface area (Å²) >= 11 is 0. The third-order valence-corrected chi connectivity index (χ3v) is 2.04. The molecule has 1 aromatic heterocycles. The lowest BCUT2D eigenvalue weighted by Crippen LogP contribution is -2.24. The third-order valence-electron chi connectivity index (χ3n) is 2.04. The Hall–Kier alpha value is -2.43. The number of rotatable bonds is 3. The second-order valence-corrected chi connectivity index (χ2v) is 4.57. The molecular formula is C10H12N4O4. The highest BCUT2D eigenvalue weighted by Crippen LogP contribution is 2.19. The molecule has 0 amide bonds. The Kier molecular flexibility index (Phi) is 3.66. The lowest BCUT2D eigenvalue weighted by atomic mass is 9.98. The summed E-state index contributed by atoms with van der Waals surface area (Å²) in [6, 6.07) is 1.60. The van der Waals surface area contributed by atoms with Crippen LogP contribution in [0, 0.1) is 26.9 Å². The highest BCUT2D eigenvalue weighted by atomic mass is 16.6. The maximum Gasteiger partial charge on any atom is 0.363 e. The van der Waals surface area contributed by atoms with Gasteiger partial charge in [-0.3, -0.25) is 4.79 Å². The Bertz CT molecular complexity index is 521. The van der Waals surface area contributed by atoms with E-state index in [4.69, 9.17) is 10.00 Å². The Morgan fingerprint density at radius 2 is 2.28 bits per heavy atom. The van der Waals surface area contributed by atoms with Crippen molar-refractivity contribution < 1.29 is 14.5 Å². The topological polar surface area (TPSA) is 111 Å². The third kappa shape index (κ3) is 2.82. The van der Waals surface area contributed by atoms with Gasteiger partial charge in [0.15, 0.2) is 6.33 Å². The molecule has 0 atom stereocenters. The Morgan fingerprint density at radius 1 is 1.67 bits per heavy atom. The van der Waals surface area contributed by atoms with Crippen LogP contribution in [0.4, 0.5) is 5.82 Å². The molecule has 0 aliphatic carbocycles. The van der Waals surface area contributed by atoms with E-state index in [0.29, 0.717) is 0 Å². The monoisotopic (exact) mass is 252 g/mol. The number of hydrogen-bond donors (Lipinski definition) is 0. The fourth-order valence-electron chi connectivity index (χ4n) is 1.09. The molecule has 0 aliphatic rings. The molecule has 1 aromatic rings. The van der Waals surface area contributed by atoms with Crippen molar-refractivity contribution in [2.24, 2.45) is 5.41 Å². The van der Waals surface area contributed by atoms with Crippen molar-refractivity contribution in [2.45, 2.75) is 27.5 Å². The maximum atomic E-state index is 11.5. The van der Waals surface area contributed by atoms with E-state index in [0.717, 1.165) is 10.9 Å². The van der Waals surface area contributed by atoms with Crippen molar-refractivity contribution in [3.63, 3.8) is 0 Å². The predicted molar refractivity (Wildman–Crippen MR) is 59.1 cm³/mol.